The Bertz CT molecular complexity index is 651. The van der Waals surface area contributed by atoms with Crippen molar-refractivity contribution >= 4 is 17.4 Å². The van der Waals surface area contributed by atoms with Crippen molar-refractivity contribution in [2.75, 3.05) is 5.32 Å². The van der Waals surface area contributed by atoms with Gasteiger partial charge in [-0.25, -0.2) is 0 Å². The Hall–Kier alpha value is -2.46. The van der Waals surface area contributed by atoms with E-state index in [1.165, 1.54) is 6.42 Å². The third kappa shape index (κ3) is 3.55. The van der Waals surface area contributed by atoms with Crippen molar-refractivity contribution < 1.29 is 9.59 Å². The molecular weight excluding hydrogens is 264 g/mol. The highest BCUT2D eigenvalue weighted by molar-refractivity contribution is 6.14. The second-order valence-electron chi connectivity index (χ2n) is 4.56. The molecule has 0 bridgehead atoms. The van der Waals surface area contributed by atoms with Crippen LogP contribution in [0.15, 0.2) is 48.5 Å². The van der Waals surface area contributed by atoms with E-state index in [1.807, 2.05) is 6.07 Å². The Morgan fingerprint density at radius 3 is 2.48 bits per heavy atom. The number of nitrogens with one attached hydrogen (secondary N) is 1. The molecule has 0 aliphatic carbocycles. The third-order valence-electron chi connectivity index (χ3n) is 3.12. The molecule has 0 heterocycles. The Morgan fingerprint density at radius 2 is 1.86 bits per heavy atom. The van der Waals surface area contributed by atoms with Crippen molar-refractivity contribution in [2.45, 2.75) is 13.5 Å². The van der Waals surface area contributed by atoms with Crippen molar-refractivity contribution in [3.63, 3.8) is 0 Å². The highest BCUT2D eigenvalue weighted by atomic mass is 16.1. The number of benzene rings is 2. The van der Waals surface area contributed by atoms with Gasteiger partial charge in [-0.3, -0.25) is 9.59 Å². The number of ketones is 1. The predicted octanol–water partition coefficient (Wildman–Crippen LogP) is 2.54. The molecule has 2 aromatic carbocycles. The average Bonchev–Trinajstić information content (AvgIpc) is 2.55. The number of hydrogen-bond acceptors (Lipinski definition) is 3. The van der Waals surface area contributed by atoms with Crippen LogP contribution in [0.25, 0.3) is 0 Å². The van der Waals surface area contributed by atoms with Crippen LogP contribution in [0.5, 0.6) is 0 Å². The van der Waals surface area contributed by atoms with Gasteiger partial charge in [-0.1, -0.05) is 43.3 Å². The van der Waals surface area contributed by atoms with Crippen molar-refractivity contribution in [1.29, 1.82) is 0 Å². The molecule has 0 aromatic heterocycles. The second kappa shape index (κ2) is 6.81. The van der Waals surface area contributed by atoms with E-state index in [9.17, 15) is 9.59 Å². The average molecular weight is 281 g/mol. The van der Waals surface area contributed by atoms with Gasteiger partial charge in [-0.2, -0.15) is 0 Å². The first kappa shape index (κ1) is 14.9. The monoisotopic (exact) mass is 281 g/mol. The topological polar surface area (TPSA) is 72.2 Å². The maximum Gasteiger partial charge on any atom is 0.228 e. The fraction of sp³-hybridized carbons (Fsp3) is 0.118. The number of hydrogen-bond donors (Lipinski definition) is 2. The summed E-state index contributed by atoms with van der Waals surface area (Å²) in [6, 6.07) is 14.2. The lowest BCUT2D eigenvalue weighted by atomic mass is 9.99. The summed E-state index contributed by atoms with van der Waals surface area (Å²) in [5.41, 5.74) is 7.98. The first-order chi connectivity index (χ1) is 10.2. The lowest BCUT2D eigenvalue weighted by Gasteiger charge is -2.11. The van der Waals surface area contributed by atoms with Gasteiger partial charge in [0.15, 0.2) is 5.78 Å². The van der Waals surface area contributed by atoms with E-state index >= 15 is 0 Å². The standard InChI is InChI=1S/C17H17N2O2/c1-2-16(20)19-15-9-8-12(11-18)10-14(15)17(21)13-6-4-3-5-7-13/h2-10H,11,18H2,1H3,(H,19,20). The minimum Gasteiger partial charge on any atom is -0.326 e. The molecule has 0 saturated carbocycles. The number of anilines is 1. The fourth-order valence-corrected chi connectivity index (χ4v) is 1.97. The van der Waals surface area contributed by atoms with Crippen LogP contribution in [0.3, 0.4) is 0 Å². The van der Waals surface area contributed by atoms with E-state index in [1.54, 1.807) is 49.4 Å². The van der Waals surface area contributed by atoms with Crippen LogP contribution in [-0.2, 0) is 11.3 Å². The van der Waals surface area contributed by atoms with E-state index in [0.29, 0.717) is 23.4 Å². The first-order valence-electron chi connectivity index (χ1n) is 6.68. The third-order valence-corrected chi connectivity index (χ3v) is 3.12. The predicted molar refractivity (Wildman–Crippen MR) is 82.8 cm³/mol. The van der Waals surface area contributed by atoms with Crippen molar-refractivity contribution in [2.24, 2.45) is 5.73 Å². The van der Waals surface area contributed by atoms with E-state index in [0.717, 1.165) is 5.56 Å². The minimum atomic E-state index is -0.252. The van der Waals surface area contributed by atoms with E-state index in [4.69, 9.17) is 5.73 Å². The zero-order valence-electron chi connectivity index (χ0n) is 11.8. The van der Waals surface area contributed by atoms with Gasteiger partial charge in [0.25, 0.3) is 0 Å². The molecule has 2 aromatic rings. The molecule has 0 saturated heterocycles. The summed E-state index contributed by atoms with van der Waals surface area (Å²) in [6.07, 6.45) is 1.41. The largest absolute Gasteiger partial charge is 0.326 e. The molecule has 0 spiro atoms. The second-order valence-corrected chi connectivity index (χ2v) is 4.56. The number of rotatable bonds is 5. The zero-order valence-corrected chi connectivity index (χ0v) is 11.8. The van der Waals surface area contributed by atoms with Gasteiger partial charge in [-0.05, 0) is 17.7 Å². The molecular formula is C17H17N2O2. The van der Waals surface area contributed by atoms with Crippen LogP contribution in [0, 0.1) is 6.42 Å². The van der Waals surface area contributed by atoms with E-state index in [2.05, 4.69) is 5.32 Å². The summed E-state index contributed by atoms with van der Waals surface area (Å²) in [5.74, 6) is -0.394. The van der Waals surface area contributed by atoms with E-state index < -0.39 is 0 Å². The highest BCUT2D eigenvalue weighted by Crippen LogP contribution is 2.21. The molecule has 0 fully saturated rings. The summed E-state index contributed by atoms with van der Waals surface area (Å²) in [5, 5.41) is 2.71. The number of carbonyl (C=O) groups is 2. The number of carbonyl (C=O) groups excluding carboxylic acids is 2. The minimum absolute atomic E-state index is 0.141. The smallest absolute Gasteiger partial charge is 0.228 e. The van der Waals surface area contributed by atoms with Crippen LogP contribution < -0.4 is 11.1 Å². The summed E-state index contributed by atoms with van der Waals surface area (Å²) < 4.78 is 0. The van der Waals surface area contributed by atoms with Crippen LogP contribution in [0.4, 0.5) is 5.69 Å². The van der Waals surface area contributed by atoms with Gasteiger partial charge < -0.3 is 11.1 Å². The van der Waals surface area contributed by atoms with Gasteiger partial charge in [-0.15, -0.1) is 0 Å². The maximum absolute atomic E-state index is 12.6. The lowest BCUT2D eigenvalue weighted by Crippen LogP contribution is -2.15. The summed E-state index contributed by atoms with van der Waals surface area (Å²) in [6.45, 7) is 1.98. The first-order valence-corrected chi connectivity index (χ1v) is 6.68. The van der Waals surface area contributed by atoms with Gasteiger partial charge >= 0.3 is 0 Å². The molecule has 0 unspecified atom stereocenters. The number of nitrogens with two attached hydrogens (primary N) is 1. The van der Waals surface area contributed by atoms with Crippen LogP contribution in [-0.4, -0.2) is 11.7 Å². The lowest BCUT2D eigenvalue weighted by molar-refractivity contribution is -0.113. The highest BCUT2D eigenvalue weighted by Gasteiger charge is 2.15. The van der Waals surface area contributed by atoms with Gasteiger partial charge in [0.2, 0.25) is 5.91 Å². The molecule has 21 heavy (non-hydrogen) atoms. The molecule has 2 rings (SSSR count). The van der Waals surface area contributed by atoms with Gasteiger partial charge in [0, 0.05) is 24.1 Å². The molecule has 4 nitrogen and oxygen atoms in total. The number of amides is 1. The quantitative estimate of drug-likeness (QED) is 0.827. The molecule has 3 N–H and O–H groups in total. The SMILES string of the molecule is C[CH]C(=O)Nc1ccc(CN)cc1C(=O)c1ccccc1. The molecule has 4 heteroatoms. The summed E-state index contributed by atoms with van der Waals surface area (Å²) in [4.78, 5) is 24.1. The Balaban J connectivity index is 2.44. The van der Waals surface area contributed by atoms with Crippen LogP contribution in [0.1, 0.15) is 28.4 Å². The van der Waals surface area contributed by atoms with Gasteiger partial charge in [0.1, 0.15) is 0 Å². The van der Waals surface area contributed by atoms with Crippen LogP contribution >= 0.6 is 0 Å². The van der Waals surface area contributed by atoms with Crippen LogP contribution in [0.2, 0.25) is 0 Å². The fourth-order valence-electron chi connectivity index (χ4n) is 1.97. The summed E-state index contributed by atoms with van der Waals surface area (Å²) >= 11 is 0. The summed E-state index contributed by atoms with van der Waals surface area (Å²) in [7, 11) is 0. The zero-order chi connectivity index (χ0) is 15.2. The molecule has 1 radical (unpaired) electrons. The molecule has 0 aliphatic heterocycles. The van der Waals surface area contributed by atoms with E-state index in [-0.39, 0.29) is 11.7 Å². The van der Waals surface area contributed by atoms with Crippen molar-refractivity contribution in [3.8, 4) is 0 Å². The van der Waals surface area contributed by atoms with Crippen molar-refractivity contribution in [3.05, 3.63) is 71.6 Å². The Labute approximate surface area is 124 Å². The molecule has 107 valence electrons. The molecule has 0 aliphatic rings. The Morgan fingerprint density at radius 1 is 1.14 bits per heavy atom. The normalized spacial score (nSPS) is 10.2. The maximum atomic E-state index is 12.6. The molecule has 1 amide bonds. The van der Waals surface area contributed by atoms with Gasteiger partial charge in [0.05, 0.1) is 5.69 Å². The Kier molecular flexibility index (Phi) is 4.85. The molecule has 0 atom stereocenters. The van der Waals surface area contributed by atoms with Crippen molar-refractivity contribution in [1.82, 2.24) is 0 Å².